The van der Waals surface area contributed by atoms with E-state index in [1.807, 2.05) is 4.83 Å². The second-order valence-electron chi connectivity index (χ2n) is 5.77. The lowest BCUT2D eigenvalue weighted by Gasteiger charge is -2.18. The van der Waals surface area contributed by atoms with Gasteiger partial charge in [0.05, 0.1) is 22.1 Å². The van der Waals surface area contributed by atoms with E-state index >= 15 is 0 Å². The molecule has 0 unspecified atom stereocenters. The number of nitro groups is 1. The van der Waals surface area contributed by atoms with Crippen LogP contribution in [0, 0.1) is 10.1 Å². The average molecular weight is 369 g/mol. The summed E-state index contributed by atoms with van der Waals surface area (Å²) in [6, 6.07) is 2.44. The van der Waals surface area contributed by atoms with Gasteiger partial charge in [0.15, 0.2) is 0 Å². The Kier molecular flexibility index (Phi) is 3.99. The van der Waals surface area contributed by atoms with Gasteiger partial charge in [-0.1, -0.05) is 0 Å². The zero-order chi connectivity index (χ0) is 18.4. The zero-order valence-electron chi connectivity index (χ0n) is 13.2. The lowest BCUT2D eigenvalue weighted by molar-refractivity contribution is -0.384. The summed E-state index contributed by atoms with van der Waals surface area (Å²) in [7, 11) is -3.86. The Morgan fingerprint density at radius 1 is 1.24 bits per heavy atom. The minimum Gasteiger partial charge on any atom is -0.366 e. The van der Waals surface area contributed by atoms with Crippen molar-refractivity contribution in [1.29, 1.82) is 0 Å². The average Bonchev–Trinajstić information content (AvgIpc) is 3.03. The first-order valence-electron chi connectivity index (χ1n) is 7.37. The number of anilines is 1. The number of H-pyrrole nitrogens is 1. The minimum atomic E-state index is -3.86. The summed E-state index contributed by atoms with van der Waals surface area (Å²) < 4.78 is 23.0. The highest BCUT2D eigenvalue weighted by atomic mass is 32.2. The van der Waals surface area contributed by atoms with Gasteiger partial charge < -0.3 is 9.88 Å². The molecule has 1 aromatic carbocycles. The van der Waals surface area contributed by atoms with Crippen LogP contribution in [0.5, 0.6) is 0 Å². The number of nitro benzene ring substituents is 1. The summed E-state index contributed by atoms with van der Waals surface area (Å²) in [6.45, 7) is 1.23. The fourth-order valence-electron chi connectivity index (χ4n) is 2.85. The zero-order valence-corrected chi connectivity index (χ0v) is 14.0. The quantitative estimate of drug-likeness (QED) is 0.555. The summed E-state index contributed by atoms with van der Waals surface area (Å²) in [4.78, 5) is 41.1. The molecule has 1 aliphatic rings. The molecule has 0 atom stereocenters. The molecule has 2 heterocycles. The lowest BCUT2D eigenvalue weighted by atomic mass is 10.1. The van der Waals surface area contributed by atoms with Gasteiger partial charge in [-0.2, -0.15) is 4.68 Å². The minimum absolute atomic E-state index is 0.0248. The van der Waals surface area contributed by atoms with E-state index < -0.39 is 26.2 Å². The van der Waals surface area contributed by atoms with Crippen LogP contribution in [0.2, 0.25) is 0 Å². The molecule has 0 amide bonds. The number of aromatic nitrogens is 2. The molecule has 1 fully saturated rings. The first-order valence-corrected chi connectivity index (χ1v) is 9.27. The van der Waals surface area contributed by atoms with Gasteiger partial charge in [-0.25, -0.2) is 18.0 Å². The molecule has 11 nitrogen and oxygen atoms in total. The van der Waals surface area contributed by atoms with Crippen LogP contribution in [-0.4, -0.2) is 42.3 Å². The largest absolute Gasteiger partial charge is 0.366 e. The van der Waals surface area contributed by atoms with Gasteiger partial charge in [-0.3, -0.25) is 14.9 Å². The van der Waals surface area contributed by atoms with Gasteiger partial charge in [0.2, 0.25) is 10.0 Å². The second kappa shape index (κ2) is 5.88. The Balaban J connectivity index is 2.30. The molecule has 25 heavy (non-hydrogen) atoms. The van der Waals surface area contributed by atoms with Crippen LogP contribution in [0.3, 0.4) is 0 Å². The number of nitrogens with one attached hydrogen (secondary N) is 2. The number of sulfonamides is 1. The van der Waals surface area contributed by atoms with Gasteiger partial charge in [0.25, 0.3) is 11.2 Å². The molecule has 1 saturated heterocycles. The molecule has 1 aliphatic heterocycles. The maximum atomic E-state index is 12.5. The number of benzene rings is 1. The van der Waals surface area contributed by atoms with Crippen LogP contribution in [0.4, 0.5) is 11.4 Å². The maximum Gasteiger partial charge on any atom is 0.348 e. The second-order valence-corrected chi connectivity index (χ2v) is 7.50. The molecule has 2 aromatic rings. The third-order valence-corrected chi connectivity index (χ3v) is 4.41. The molecule has 0 radical (unpaired) electrons. The first-order chi connectivity index (χ1) is 11.7. The van der Waals surface area contributed by atoms with E-state index in [-0.39, 0.29) is 22.3 Å². The smallest absolute Gasteiger partial charge is 0.348 e. The van der Waals surface area contributed by atoms with Crippen molar-refractivity contribution >= 4 is 32.3 Å². The molecule has 0 saturated carbocycles. The normalized spacial score (nSPS) is 14.8. The summed E-state index contributed by atoms with van der Waals surface area (Å²) >= 11 is 0. The molecule has 0 bridgehead atoms. The Hall–Kier alpha value is -2.89. The molecule has 12 heteroatoms. The Morgan fingerprint density at radius 2 is 1.88 bits per heavy atom. The van der Waals surface area contributed by atoms with E-state index in [4.69, 9.17) is 0 Å². The van der Waals surface area contributed by atoms with Crippen molar-refractivity contribution in [2.45, 2.75) is 12.8 Å². The van der Waals surface area contributed by atoms with Crippen LogP contribution in [0.25, 0.3) is 10.9 Å². The highest BCUT2D eigenvalue weighted by Crippen LogP contribution is 2.33. The molecular weight excluding hydrogens is 354 g/mol. The Labute approximate surface area is 141 Å². The SMILES string of the molecule is CS(=O)(=O)Nn1c(=O)[nH]c2cc([N+](=O)[O-])c(N3CCCC3)cc2c1=O. The molecular formula is C13H15N5O6S. The van der Waals surface area contributed by atoms with E-state index in [1.165, 1.54) is 6.07 Å². The number of rotatable bonds is 4. The number of hydrogen-bond acceptors (Lipinski definition) is 7. The van der Waals surface area contributed by atoms with Crippen LogP contribution in [-0.2, 0) is 10.0 Å². The summed E-state index contributed by atoms with van der Waals surface area (Å²) in [5.74, 6) is 0. The fourth-order valence-corrected chi connectivity index (χ4v) is 3.34. The maximum absolute atomic E-state index is 12.5. The van der Waals surface area contributed by atoms with Crippen molar-refractivity contribution in [3.05, 3.63) is 43.1 Å². The van der Waals surface area contributed by atoms with Gasteiger partial charge in [0.1, 0.15) is 5.69 Å². The van der Waals surface area contributed by atoms with Crippen molar-refractivity contribution in [2.75, 3.05) is 29.1 Å². The van der Waals surface area contributed by atoms with Crippen molar-refractivity contribution in [3.63, 3.8) is 0 Å². The Bertz CT molecular complexity index is 1080. The van der Waals surface area contributed by atoms with E-state index in [2.05, 4.69) is 4.98 Å². The number of nitrogens with zero attached hydrogens (tertiary/aromatic N) is 3. The fraction of sp³-hybridized carbons (Fsp3) is 0.385. The highest BCUT2D eigenvalue weighted by Gasteiger charge is 2.25. The van der Waals surface area contributed by atoms with E-state index in [0.29, 0.717) is 17.8 Å². The van der Waals surface area contributed by atoms with Crippen LogP contribution in [0.15, 0.2) is 21.7 Å². The molecule has 2 N–H and O–H groups in total. The van der Waals surface area contributed by atoms with Gasteiger partial charge in [0, 0.05) is 19.2 Å². The molecule has 1 aromatic heterocycles. The van der Waals surface area contributed by atoms with Gasteiger partial charge >= 0.3 is 5.69 Å². The van der Waals surface area contributed by atoms with Crippen LogP contribution < -0.4 is 21.0 Å². The predicted octanol–water partition coefficient (Wildman–Crippen LogP) is -0.299. The van der Waals surface area contributed by atoms with Gasteiger partial charge in [-0.05, 0) is 18.9 Å². The monoisotopic (exact) mass is 369 g/mol. The van der Waals surface area contributed by atoms with Crippen LogP contribution in [0.1, 0.15) is 12.8 Å². The van der Waals surface area contributed by atoms with Crippen molar-refractivity contribution in [1.82, 2.24) is 9.66 Å². The van der Waals surface area contributed by atoms with E-state index in [1.54, 1.807) is 4.90 Å². The van der Waals surface area contributed by atoms with Crippen molar-refractivity contribution < 1.29 is 13.3 Å². The van der Waals surface area contributed by atoms with Gasteiger partial charge in [-0.15, -0.1) is 0 Å². The summed E-state index contributed by atoms with van der Waals surface area (Å²) in [6.07, 6.45) is 2.55. The standard InChI is InChI=1S/C13H15N5O6S/c1-25(23,24)15-17-12(19)8-6-10(16-4-2-3-5-16)11(18(21)22)7-9(8)14-13(17)20/h6-7,15H,2-5H2,1H3,(H,14,20). The summed E-state index contributed by atoms with van der Waals surface area (Å²) in [5.41, 5.74) is -1.93. The lowest BCUT2D eigenvalue weighted by Crippen LogP contribution is -2.43. The third kappa shape index (κ3) is 3.20. The topological polar surface area (TPSA) is 147 Å². The van der Waals surface area contributed by atoms with E-state index in [9.17, 15) is 28.1 Å². The number of fused-ring (bicyclic) bond motifs is 1. The molecule has 3 rings (SSSR count). The predicted molar refractivity (Wildman–Crippen MR) is 91.1 cm³/mol. The summed E-state index contributed by atoms with van der Waals surface area (Å²) in [5, 5.41) is 11.3. The molecule has 0 aliphatic carbocycles. The van der Waals surface area contributed by atoms with Crippen molar-refractivity contribution in [3.8, 4) is 0 Å². The number of hydrogen-bond donors (Lipinski definition) is 2. The Morgan fingerprint density at radius 3 is 2.44 bits per heavy atom. The highest BCUT2D eigenvalue weighted by molar-refractivity contribution is 7.91. The van der Waals surface area contributed by atoms with E-state index in [0.717, 1.165) is 25.2 Å². The third-order valence-electron chi connectivity index (χ3n) is 3.89. The molecule has 0 spiro atoms. The van der Waals surface area contributed by atoms with Crippen LogP contribution >= 0.6 is 0 Å². The van der Waals surface area contributed by atoms with Crippen molar-refractivity contribution in [2.24, 2.45) is 0 Å². The number of aromatic amines is 1. The first kappa shape index (κ1) is 17.0. The molecule has 134 valence electrons.